The van der Waals surface area contributed by atoms with Crippen molar-refractivity contribution < 1.29 is 8.42 Å². The SMILES string of the molecule is CCC(CC(N)=S)NS(=O)(=O)c1ccc(Cl)cc1. The number of rotatable bonds is 6. The topological polar surface area (TPSA) is 72.2 Å². The highest BCUT2D eigenvalue weighted by atomic mass is 35.5. The Morgan fingerprint density at radius 3 is 2.44 bits per heavy atom. The van der Waals surface area contributed by atoms with Crippen molar-refractivity contribution in [2.24, 2.45) is 5.73 Å². The fourth-order valence-corrected chi connectivity index (χ4v) is 3.06. The van der Waals surface area contributed by atoms with Crippen molar-refractivity contribution in [3.63, 3.8) is 0 Å². The van der Waals surface area contributed by atoms with Gasteiger partial charge in [0.25, 0.3) is 0 Å². The van der Waals surface area contributed by atoms with Crippen LogP contribution in [0.1, 0.15) is 19.8 Å². The molecule has 1 atom stereocenters. The van der Waals surface area contributed by atoms with E-state index < -0.39 is 10.0 Å². The first-order valence-electron chi connectivity index (χ1n) is 5.41. The second-order valence-corrected chi connectivity index (χ2v) is 6.53. The maximum Gasteiger partial charge on any atom is 0.240 e. The standard InChI is InChI=1S/C11H15ClN2O2S2/c1-2-9(7-11(13)17)14-18(15,16)10-5-3-8(12)4-6-10/h3-6,9,14H,2,7H2,1H3,(H2,13,17). The van der Waals surface area contributed by atoms with Crippen LogP contribution in [0.15, 0.2) is 29.2 Å². The van der Waals surface area contributed by atoms with E-state index in [2.05, 4.69) is 4.72 Å². The van der Waals surface area contributed by atoms with E-state index >= 15 is 0 Å². The van der Waals surface area contributed by atoms with Crippen molar-refractivity contribution in [2.45, 2.75) is 30.7 Å². The molecular formula is C11H15ClN2O2S2. The number of nitrogens with one attached hydrogen (secondary N) is 1. The number of thiocarbonyl (C=S) groups is 1. The van der Waals surface area contributed by atoms with Gasteiger partial charge in [-0.05, 0) is 30.7 Å². The van der Waals surface area contributed by atoms with Crippen molar-refractivity contribution in [3.05, 3.63) is 29.3 Å². The molecule has 1 aromatic rings. The number of benzene rings is 1. The molecule has 100 valence electrons. The molecular weight excluding hydrogens is 292 g/mol. The summed E-state index contributed by atoms with van der Waals surface area (Å²) in [7, 11) is -3.56. The van der Waals surface area contributed by atoms with Gasteiger partial charge in [-0.1, -0.05) is 30.7 Å². The maximum atomic E-state index is 12.1. The Labute approximate surface area is 118 Å². The molecule has 0 aliphatic carbocycles. The van der Waals surface area contributed by atoms with Crippen LogP contribution in [0, 0.1) is 0 Å². The number of halogens is 1. The highest BCUT2D eigenvalue weighted by molar-refractivity contribution is 7.89. The summed E-state index contributed by atoms with van der Waals surface area (Å²) in [6, 6.07) is 5.69. The molecule has 0 aliphatic heterocycles. The lowest BCUT2D eigenvalue weighted by molar-refractivity contribution is 0.546. The van der Waals surface area contributed by atoms with Crippen molar-refractivity contribution in [1.29, 1.82) is 0 Å². The van der Waals surface area contributed by atoms with Crippen LogP contribution >= 0.6 is 23.8 Å². The van der Waals surface area contributed by atoms with E-state index in [1.807, 2.05) is 6.92 Å². The molecule has 0 aromatic heterocycles. The summed E-state index contributed by atoms with van der Waals surface area (Å²) in [6.45, 7) is 1.87. The zero-order valence-electron chi connectivity index (χ0n) is 9.89. The first-order valence-corrected chi connectivity index (χ1v) is 7.68. The van der Waals surface area contributed by atoms with Gasteiger partial charge in [0.1, 0.15) is 0 Å². The molecule has 0 fully saturated rings. The molecule has 3 N–H and O–H groups in total. The van der Waals surface area contributed by atoms with E-state index in [4.69, 9.17) is 29.6 Å². The average molecular weight is 307 g/mol. The fraction of sp³-hybridized carbons (Fsp3) is 0.364. The molecule has 0 aliphatic rings. The Kier molecular flexibility index (Phi) is 5.52. The minimum absolute atomic E-state index is 0.174. The van der Waals surface area contributed by atoms with Crippen LogP contribution in [-0.4, -0.2) is 19.4 Å². The molecule has 0 saturated heterocycles. The number of sulfonamides is 1. The van der Waals surface area contributed by atoms with Gasteiger partial charge in [-0.2, -0.15) is 0 Å². The van der Waals surface area contributed by atoms with Gasteiger partial charge >= 0.3 is 0 Å². The van der Waals surface area contributed by atoms with Crippen molar-refractivity contribution in [3.8, 4) is 0 Å². The molecule has 0 heterocycles. The van der Waals surface area contributed by atoms with Crippen LogP contribution < -0.4 is 10.5 Å². The molecule has 1 rings (SSSR count). The first-order chi connectivity index (χ1) is 8.35. The van der Waals surface area contributed by atoms with Crippen LogP contribution in [0.3, 0.4) is 0 Å². The van der Waals surface area contributed by atoms with Gasteiger partial charge in [0.2, 0.25) is 10.0 Å². The van der Waals surface area contributed by atoms with Crippen LogP contribution in [0.4, 0.5) is 0 Å². The normalized spacial score (nSPS) is 13.2. The minimum atomic E-state index is -3.56. The van der Waals surface area contributed by atoms with Gasteiger partial charge in [-0.25, -0.2) is 13.1 Å². The monoisotopic (exact) mass is 306 g/mol. The molecule has 4 nitrogen and oxygen atoms in total. The molecule has 0 radical (unpaired) electrons. The van der Waals surface area contributed by atoms with Crippen LogP contribution in [0.5, 0.6) is 0 Å². The molecule has 18 heavy (non-hydrogen) atoms. The van der Waals surface area contributed by atoms with Gasteiger partial charge in [0.05, 0.1) is 9.88 Å². The Hall–Kier alpha value is -0.690. The summed E-state index contributed by atoms with van der Waals surface area (Å²) in [5.41, 5.74) is 5.43. The van der Waals surface area contributed by atoms with Gasteiger partial charge < -0.3 is 5.73 Å². The summed E-state index contributed by atoms with van der Waals surface area (Å²) in [4.78, 5) is 0.467. The summed E-state index contributed by atoms with van der Waals surface area (Å²) in [6.07, 6.45) is 0.961. The third-order valence-corrected chi connectivity index (χ3v) is 4.34. The van der Waals surface area contributed by atoms with Gasteiger partial charge in [0.15, 0.2) is 0 Å². The molecule has 0 bridgehead atoms. The lowest BCUT2D eigenvalue weighted by Crippen LogP contribution is -2.37. The van der Waals surface area contributed by atoms with Crippen LogP contribution in [-0.2, 0) is 10.0 Å². The number of hydrogen-bond donors (Lipinski definition) is 2. The minimum Gasteiger partial charge on any atom is -0.393 e. The quantitative estimate of drug-likeness (QED) is 0.789. The van der Waals surface area contributed by atoms with Crippen molar-refractivity contribution >= 4 is 38.8 Å². The summed E-state index contributed by atoms with van der Waals surface area (Å²) >= 11 is 10.5. The van der Waals surface area contributed by atoms with E-state index in [-0.39, 0.29) is 10.9 Å². The van der Waals surface area contributed by atoms with Crippen molar-refractivity contribution in [1.82, 2.24) is 4.72 Å². The van der Waals surface area contributed by atoms with E-state index in [1.165, 1.54) is 24.3 Å². The van der Waals surface area contributed by atoms with Gasteiger partial charge in [-0.15, -0.1) is 0 Å². The number of hydrogen-bond acceptors (Lipinski definition) is 3. The summed E-state index contributed by atoms with van der Waals surface area (Å²) in [5, 5.41) is 0.490. The first kappa shape index (κ1) is 15.4. The van der Waals surface area contributed by atoms with Crippen LogP contribution in [0.2, 0.25) is 5.02 Å². The fourth-order valence-electron chi connectivity index (χ4n) is 1.41. The van der Waals surface area contributed by atoms with E-state index in [9.17, 15) is 8.42 Å². The van der Waals surface area contributed by atoms with Crippen molar-refractivity contribution in [2.75, 3.05) is 0 Å². The zero-order chi connectivity index (χ0) is 13.8. The highest BCUT2D eigenvalue weighted by Gasteiger charge is 2.19. The Morgan fingerprint density at radius 2 is 2.00 bits per heavy atom. The zero-order valence-corrected chi connectivity index (χ0v) is 12.3. The molecule has 0 saturated carbocycles. The number of nitrogens with two attached hydrogens (primary N) is 1. The van der Waals surface area contributed by atoms with Gasteiger partial charge in [-0.3, -0.25) is 0 Å². The summed E-state index contributed by atoms with van der Waals surface area (Å²) < 4.78 is 26.7. The molecule has 7 heteroatoms. The molecule has 1 aromatic carbocycles. The largest absolute Gasteiger partial charge is 0.393 e. The predicted molar refractivity (Wildman–Crippen MR) is 77.3 cm³/mol. The lowest BCUT2D eigenvalue weighted by Gasteiger charge is -2.16. The predicted octanol–water partition coefficient (Wildman–Crippen LogP) is 2.07. The lowest BCUT2D eigenvalue weighted by atomic mass is 10.2. The van der Waals surface area contributed by atoms with E-state index in [1.54, 1.807) is 0 Å². The Balaban J connectivity index is 2.86. The van der Waals surface area contributed by atoms with E-state index in [0.717, 1.165) is 0 Å². The third-order valence-electron chi connectivity index (χ3n) is 2.39. The molecule has 0 amide bonds. The van der Waals surface area contributed by atoms with E-state index in [0.29, 0.717) is 22.9 Å². The third kappa shape index (κ3) is 4.53. The second-order valence-electron chi connectivity index (χ2n) is 3.85. The smallest absolute Gasteiger partial charge is 0.240 e. The second kappa shape index (κ2) is 6.47. The average Bonchev–Trinajstić information content (AvgIpc) is 2.27. The Bertz CT molecular complexity index is 514. The van der Waals surface area contributed by atoms with Gasteiger partial charge in [0, 0.05) is 17.5 Å². The molecule has 1 unspecified atom stereocenters. The molecule has 0 spiro atoms. The Morgan fingerprint density at radius 1 is 1.44 bits per heavy atom. The summed E-state index contributed by atoms with van der Waals surface area (Å²) in [5.74, 6) is 0. The highest BCUT2D eigenvalue weighted by Crippen LogP contribution is 2.15. The van der Waals surface area contributed by atoms with Crippen LogP contribution in [0.25, 0.3) is 0 Å². The maximum absolute atomic E-state index is 12.1.